The smallest absolute Gasteiger partial charge is 0.250 e. The molecular formula is C36H47IO5Si2. The Balaban J connectivity index is 1.62. The summed E-state index contributed by atoms with van der Waals surface area (Å²) in [5.74, 6) is 4.25. The summed E-state index contributed by atoms with van der Waals surface area (Å²) in [5, 5.41) is 0.196. The van der Waals surface area contributed by atoms with Crippen LogP contribution in [0.25, 0.3) is 11.1 Å². The van der Waals surface area contributed by atoms with Crippen molar-refractivity contribution in [1.82, 2.24) is 0 Å². The molecule has 1 atom stereocenters. The maximum atomic E-state index is 6.95. The van der Waals surface area contributed by atoms with Gasteiger partial charge in [-0.1, -0.05) is 53.7 Å². The van der Waals surface area contributed by atoms with Crippen LogP contribution >= 0.6 is 22.6 Å². The number of hydrogen-bond acceptors (Lipinski definition) is 5. The fourth-order valence-corrected chi connectivity index (χ4v) is 7.48. The van der Waals surface area contributed by atoms with Crippen molar-refractivity contribution in [1.29, 1.82) is 0 Å². The van der Waals surface area contributed by atoms with E-state index in [1.165, 1.54) is 5.57 Å². The van der Waals surface area contributed by atoms with Crippen molar-refractivity contribution < 1.29 is 23.1 Å². The van der Waals surface area contributed by atoms with E-state index in [9.17, 15) is 0 Å². The zero-order valence-corrected chi connectivity index (χ0v) is 32.0. The van der Waals surface area contributed by atoms with Gasteiger partial charge in [0.25, 0.3) is 0 Å². The first-order valence-electron chi connectivity index (χ1n) is 15.5. The number of hydrogen-bond donors (Lipinski definition) is 0. The van der Waals surface area contributed by atoms with E-state index in [4.69, 9.17) is 23.1 Å². The topological polar surface area (TPSA) is 46.2 Å². The second kappa shape index (κ2) is 12.1. The van der Waals surface area contributed by atoms with Crippen LogP contribution in [0.1, 0.15) is 70.8 Å². The predicted octanol–water partition coefficient (Wildman–Crippen LogP) is 11.1. The van der Waals surface area contributed by atoms with Crippen LogP contribution in [0.5, 0.6) is 28.7 Å². The van der Waals surface area contributed by atoms with Crippen molar-refractivity contribution in [2.24, 2.45) is 0 Å². The predicted molar refractivity (Wildman–Crippen MR) is 195 cm³/mol. The summed E-state index contributed by atoms with van der Waals surface area (Å²) in [7, 11) is -4.03. The number of fused-ring (bicyclic) bond motifs is 4. The Morgan fingerprint density at radius 2 is 1.25 bits per heavy atom. The van der Waals surface area contributed by atoms with Crippen LogP contribution in [0.3, 0.4) is 0 Å². The molecule has 8 heteroatoms. The minimum atomic E-state index is -2.02. The monoisotopic (exact) mass is 742 g/mol. The number of alkyl halides is 1. The number of ether oxygens (including phenoxy) is 3. The molecule has 3 aromatic rings. The summed E-state index contributed by atoms with van der Waals surface area (Å²) in [6.07, 6.45) is 0.454. The fraction of sp³-hybridized carbons (Fsp3) is 0.444. The van der Waals surface area contributed by atoms with Gasteiger partial charge >= 0.3 is 0 Å². The lowest BCUT2D eigenvalue weighted by atomic mass is 9.84. The zero-order valence-electron chi connectivity index (χ0n) is 27.9. The molecule has 2 heterocycles. The van der Waals surface area contributed by atoms with E-state index in [-0.39, 0.29) is 16.2 Å². The molecule has 3 aromatic carbocycles. The summed E-state index contributed by atoms with van der Waals surface area (Å²) >= 11 is 2.22. The quantitative estimate of drug-likeness (QED) is 0.137. The van der Waals surface area contributed by atoms with Crippen molar-refractivity contribution in [3.63, 3.8) is 0 Å². The Morgan fingerprint density at radius 3 is 1.80 bits per heavy atom. The first-order valence-corrected chi connectivity index (χ1v) is 22.8. The van der Waals surface area contributed by atoms with E-state index < -0.39 is 16.6 Å². The third-order valence-electron chi connectivity index (χ3n) is 9.73. The second-order valence-corrected chi connectivity index (χ2v) is 24.9. The van der Waals surface area contributed by atoms with Gasteiger partial charge in [-0.15, -0.1) is 0 Å². The SMILES string of the molecule is CC(C)(C)[Si](C)(C)Oc1ccc2c(c1)OC(c1ccc(OCI)cc1)C1=C2CCOc2cc(O[Si](C)(C)C(C)(C)C)ccc21. The zero-order chi connectivity index (χ0) is 32.1. The lowest BCUT2D eigenvalue weighted by molar-refractivity contribution is 0.259. The molecule has 0 amide bonds. The summed E-state index contributed by atoms with van der Waals surface area (Å²) in [6, 6.07) is 20.9. The number of rotatable bonds is 7. The number of benzene rings is 3. The molecule has 0 saturated heterocycles. The van der Waals surface area contributed by atoms with E-state index >= 15 is 0 Å². The van der Waals surface area contributed by atoms with Crippen LogP contribution in [0.2, 0.25) is 36.3 Å². The van der Waals surface area contributed by atoms with Crippen LogP contribution in [0, 0.1) is 0 Å². The van der Waals surface area contributed by atoms with Crippen molar-refractivity contribution in [2.75, 3.05) is 11.2 Å². The van der Waals surface area contributed by atoms with Gasteiger partial charge in [0.1, 0.15) is 39.5 Å². The highest BCUT2D eigenvalue weighted by Gasteiger charge is 2.41. The van der Waals surface area contributed by atoms with Gasteiger partial charge in [0.2, 0.25) is 16.6 Å². The van der Waals surface area contributed by atoms with Crippen LogP contribution in [-0.2, 0) is 0 Å². The van der Waals surface area contributed by atoms with E-state index in [1.807, 2.05) is 12.1 Å². The second-order valence-electron chi connectivity index (χ2n) is 14.9. The Hall–Kier alpha value is -2.44. The minimum Gasteiger partial charge on any atom is -0.543 e. The fourth-order valence-electron chi connectivity index (χ4n) is 5.08. The van der Waals surface area contributed by atoms with Gasteiger partial charge in [-0.05, 0) is 106 Å². The maximum Gasteiger partial charge on any atom is 0.250 e. The van der Waals surface area contributed by atoms with E-state index in [1.54, 1.807) is 0 Å². The highest BCUT2D eigenvalue weighted by atomic mass is 127. The highest BCUT2D eigenvalue weighted by molar-refractivity contribution is 14.1. The molecule has 1 unspecified atom stereocenters. The van der Waals surface area contributed by atoms with Gasteiger partial charge in [0.15, 0.2) is 0 Å². The van der Waals surface area contributed by atoms with Gasteiger partial charge in [-0.2, -0.15) is 0 Å². The van der Waals surface area contributed by atoms with Crippen molar-refractivity contribution in [2.45, 2.75) is 90.3 Å². The lowest BCUT2D eigenvalue weighted by Gasteiger charge is -2.37. The highest BCUT2D eigenvalue weighted by Crippen LogP contribution is 2.53. The molecule has 236 valence electrons. The minimum absolute atomic E-state index is 0.0965. The van der Waals surface area contributed by atoms with Crippen LogP contribution in [0.15, 0.2) is 60.7 Å². The Morgan fingerprint density at radius 1 is 0.727 bits per heavy atom. The van der Waals surface area contributed by atoms with Crippen LogP contribution in [0.4, 0.5) is 0 Å². The molecular weight excluding hydrogens is 695 g/mol. The molecule has 44 heavy (non-hydrogen) atoms. The third-order valence-corrected chi connectivity index (χ3v) is 18.8. The Labute approximate surface area is 279 Å². The molecule has 0 aromatic heterocycles. The average molecular weight is 743 g/mol. The maximum absolute atomic E-state index is 6.95. The Kier molecular flexibility index (Phi) is 9.03. The molecule has 2 aliphatic heterocycles. The molecule has 0 aliphatic carbocycles. The van der Waals surface area contributed by atoms with Gasteiger partial charge in [0, 0.05) is 35.3 Å². The standard InChI is InChI=1S/C36H47IO5Si2/c1-35(2,3)43(7,8)41-26-16-18-30-31(21-26)38-20-19-29-28-17-15-27(42-44(9,10)36(4,5)6)22-32(28)40-34(33(29)30)24-11-13-25(14-12-24)39-23-37/h11-18,21-22,34H,19-20,23H2,1-10H3. The molecule has 0 N–H and O–H groups in total. The summed E-state index contributed by atoms with van der Waals surface area (Å²) < 4.78 is 33.1. The molecule has 0 saturated carbocycles. The number of halogens is 1. The largest absolute Gasteiger partial charge is 0.543 e. The average Bonchev–Trinajstić information content (AvgIpc) is 3.11. The van der Waals surface area contributed by atoms with Crippen molar-refractivity contribution in [3.05, 3.63) is 77.4 Å². The van der Waals surface area contributed by atoms with Crippen LogP contribution in [-0.4, -0.2) is 27.9 Å². The summed E-state index contributed by atoms with van der Waals surface area (Å²) in [6.45, 7) is 23.2. The first-order chi connectivity index (χ1) is 20.5. The van der Waals surface area contributed by atoms with Gasteiger partial charge in [-0.25, -0.2) is 0 Å². The van der Waals surface area contributed by atoms with E-state index in [2.05, 4.69) is 139 Å². The van der Waals surface area contributed by atoms with Gasteiger partial charge in [-0.3, -0.25) is 0 Å². The van der Waals surface area contributed by atoms with Gasteiger partial charge in [0.05, 0.1) is 6.61 Å². The van der Waals surface area contributed by atoms with E-state index in [0.717, 1.165) is 57.4 Å². The Bertz CT molecular complexity index is 1550. The molecule has 0 spiro atoms. The summed E-state index contributed by atoms with van der Waals surface area (Å²) in [5.41, 5.74) is 5.60. The first kappa shape index (κ1) is 32.9. The molecule has 2 aliphatic rings. The van der Waals surface area contributed by atoms with E-state index in [0.29, 0.717) is 11.2 Å². The van der Waals surface area contributed by atoms with Crippen molar-refractivity contribution in [3.8, 4) is 28.7 Å². The van der Waals surface area contributed by atoms with Gasteiger partial charge < -0.3 is 23.1 Å². The lowest BCUT2D eigenvalue weighted by Crippen LogP contribution is -2.43. The molecule has 5 rings (SSSR count). The molecule has 5 nitrogen and oxygen atoms in total. The molecule has 0 radical (unpaired) electrons. The van der Waals surface area contributed by atoms with Crippen LogP contribution < -0.4 is 23.1 Å². The summed E-state index contributed by atoms with van der Waals surface area (Å²) in [4.78, 5) is 0. The normalized spacial score (nSPS) is 16.9. The third kappa shape index (κ3) is 6.58. The molecule has 0 fully saturated rings. The van der Waals surface area contributed by atoms with Crippen molar-refractivity contribution >= 4 is 50.4 Å². The molecule has 0 bridgehead atoms.